The molecule has 0 aliphatic heterocycles. The summed E-state index contributed by atoms with van der Waals surface area (Å²) in [5, 5.41) is 9.35. The molecule has 2 rings (SSSR count). The molecule has 1 heterocycles. The minimum atomic E-state index is 0.241. The van der Waals surface area contributed by atoms with E-state index in [1.165, 1.54) is 0 Å². The van der Waals surface area contributed by atoms with Crippen molar-refractivity contribution in [3.8, 4) is 17.0 Å². The molecule has 0 aliphatic rings. The van der Waals surface area contributed by atoms with E-state index in [0.29, 0.717) is 5.88 Å². The van der Waals surface area contributed by atoms with E-state index < -0.39 is 0 Å². The van der Waals surface area contributed by atoms with Crippen molar-refractivity contribution < 1.29 is 5.11 Å². The van der Waals surface area contributed by atoms with Crippen molar-refractivity contribution in [2.75, 3.05) is 0 Å². The van der Waals surface area contributed by atoms with E-state index in [0.717, 1.165) is 16.8 Å². The number of phenols is 1. The summed E-state index contributed by atoms with van der Waals surface area (Å²) in [6.07, 6.45) is 1.72. The highest BCUT2D eigenvalue weighted by atomic mass is 35.5. The monoisotopic (exact) mass is 219 g/mol. The molecule has 0 aliphatic carbocycles. The second-order valence-electron chi connectivity index (χ2n) is 3.23. The fraction of sp³-hybridized carbons (Fsp3) is 0.0833. The summed E-state index contributed by atoms with van der Waals surface area (Å²) in [7, 11) is 0. The van der Waals surface area contributed by atoms with Crippen LogP contribution in [0.3, 0.4) is 0 Å². The Balaban J connectivity index is 2.44. The van der Waals surface area contributed by atoms with E-state index >= 15 is 0 Å². The maximum Gasteiger partial charge on any atom is 0.116 e. The van der Waals surface area contributed by atoms with Crippen LogP contribution in [0.25, 0.3) is 11.3 Å². The Morgan fingerprint density at radius 2 is 2.07 bits per heavy atom. The molecular weight excluding hydrogens is 210 g/mol. The average molecular weight is 220 g/mol. The Morgan fingerprint density at radius 1 is 1.20 bits per heavy atom. The van der Waals surface area contributed by atoms with Crippen molar-refractivity contribution in [2.45, 2.75) is 5.88 Å². The second kappa shape index (κ2) is 4.32. The molecule has 0 fully saturated rings. The number of benzene rings is 1. The third kappa shape index (κ3) is 2.28. The topological polar surface area (TPSA) is 33.1 Å². The molecule has 0 bridgehead atoms. The Morgan fingerprint density at radius 3 is 2.80 bits per heavy atom. The number of aromatic hydroxyl groups is 1. The van der Waals surface area contributed by atoms with E-state index in [-0.39, 0.29) is 5.75 Å². The molecule has 15 heavy (non-hydrogen) atoms. The first-order valence-electron chi connectivity index (χ1n) is 4.60. The molecule has 1 aromatic carbocycles. The maximum absolute atomic E-state index is 9.35. The highest BCUT2D eigenvalue weighted by molar-refractivity contribution is 6.17. The van der Waals surface area contributed by atoms with Crippen LogP contribution in [-0.4, -0.2) is 10.1 Å². The lowest BCUT2D eigenvalue weighted by atomic mass is 10.1. The lowest BCUT2D eigenvalue weighted by molar-refractivity contribution is 0.475. The molecule has 1 N–H and O–H groups in total. The lowest BCUT2D eigenvalue weighted by Gasteiger charge is -2.02. The third-order valence-electron chi connectivity index (χ3n) is 2.12. The zero-order chi connectivity index (χ0) is 10.7. The molecule has 76 valence electrons. The molecule has 2 aromatic rings. The standard InChI is InChI=1S/C12H10ClNO/c13-8-9-4-5-14-12(6-9)10-2-1-3-11(15)7-10/h1-7,15H,8H2. The first-order valence-corrected chi connectivity index (χ1v) is 5.13. The van der Waals surface area contributed by atoms with Crippen LogP contribution in [0.5, 0.6) is 5.75 Å². The molecule has 0 saturated heterocycles. The molecular formula is C12H10ClNO. The molecule has 0 unspecified atom stereocenters. The van der Waals surface area contributed by atoms with Crippen molar-refractivity contribution in [1.82, 2.24) is 4.98 Å². The van der Waals surface area contributed by atoms with Crippen LogP contribution in [0.4, 0.5) is 0 Å². The molecule has 0 amide bonds. The highest BCUT2D eigenvalue weighted by Gasteiger charge is 2.00. The maximum atomic E-state index is 9.35. The second-order valence-corrected chi connectivity index (χ2v) is 3.50. The SMILES string of the molecule is Oc1cccc(-c2cc(CCl)ccn2)c1. The number of hydrogen-bond donors (Lipinski definition) is 1. The molecule has 0 spiro atoms. The number of phenolic OH excluding ortho intramolecular Hbond substituents is 1. The molecule has 3 heteroatoms. The quantitative estimate of drug-likeness (QED) is 0.787. The van der Waals surface area contributed by atoms with Crippen LogP contribution in [-0.2, 0) is 5.88 Å². The van der Waals surface area contributed by atoms with Crippen LogP contribution in [0.15, 0.2) is 42.6 Å². The number of rotatable bonds is 2. The van der Waals surface area contributed by atoms with Gasteiger partial charge in [-0.15, -0.1) is 11.6 Å². The van der Waals surface area contributed by atoms with Crippen molar-refractivity contribution in [3.63, 3.8) is 0 Å². The first kappa shape index (κ1) is 9.99. The van der Waals surface area contributed by atoms with E-state index in [4.69, 9.17) is 11.6 Å². The number of hydrogen-bond acceptors (Lipinski definition) is 2. The van der Waals surface area contributed by atoms with E-state index in [1.54, 1.807) is 24.4 Å². The largest absolute Gasteiger partial charge is 0.508 e. The van der Waals surface area contributed by atoms with Gasteiger partial charge >= 0.3 is 0 Å². The lowest BCUT2D eigenvalue weighted by Crippen LogP contribution is -1.85. The normalized spacial score (nSPS) is 10.2. The van der Waals surface area contributed by atoms with E-state index in [9.17, 15) is 5.11 Å². The zero-order valence-corrected chi connectivity index (χ0v) is 8.78. The van der Waals surface area contributed by atoms with Crippen LogP contribution in [0.2, 0.25) is 0 Å². The van der Waals surface area contributed by atoms with Gasteiger partial charge in [0.25, 0.3) is 0 Å². The summed E-state index contributed by atoms with van der Waals surface area (Å²) >= 11 is 5.74. The summed E-state index contributed by atoms with van der Waals surface area (Å²) < 4.78 is 0. The summed E-state index contributed by atoms with van der Waals surface area (Å²) in [6, 6.07) is 10.8. The molecule has 0 saturated carbocycles. The summed E-state index contributed by atoms with van der Waals surface area (Å²) in [5.74, 6) is 0.708. The average Bonchev–Trinajstić information content (AvgIpc) is 2.29. The molecule has 0 atom stereocenters. The van der Waals surface area contributed by atoms with Gasteiger partial charge in [0.1, 0.15) is 5.75 Å². The van der Waals surface area contributed by atoms with Crippen LogP contribution in [0, 0.1) is 0 Å². The molecule has 2 nitrogen and oxygen atoms in total. The van der Waals surface area contributed by atoms with E-state index in [1.807, 2.05) is 18.2 Å². The zero-order valence-electron chi connectivity index (χ0n) is 8.02. The van der Waals surface area contributed by atoms with Gasteiger partial charge in [-0.05, 0) is 29.8 Å². The summed E-state index contributed by atoms with van der Waals surface area (Å²) in [5.41, 5.74) is 2.73. The Bertz CT molecular complexity index is 471. The van der Waals surface area contributed by atoms with Gasteiger partial charge in [0.15, 0.2) is 0 Å². The first-order chi connectivity index (χ1) is 7.29. The van der Waals surface area contributed by atoms with Crippen molar-refractivity contribution >= 4 is 11.6 Å². The predicted octanol–water partition coefficient (Wildman–Crippen LogP) is 3.19. The fourth-order valence-corrected chi connectivity index (χ4v) is 1.55. The van der Waals surface area contributed by atoms with Gasteiger partial charge < -0.3 is 5.11 Å². The van der Waals surface area contributed by atoms with E-state index in [2.05, 4.69) is 4.98 Å². The number of aromatic nitrogens is 1. The van der Waals surface area contributed by atoms with Gasteiger partial charge in [0.2, 0.25) is 0 Å². The highest BCUT2D eigenvalue weighted by Crippen LogP contribution is 2.22. The van der Waals surface area contributed by atoms with Crippen molar-refractivity contribution in [2.24, 2.45) is 0 Å². The summed E-state index contributed by atoms with van der Waals surface area (Å²) in [4.78, 5) is 4.23. The van der Waals surface area contributed by atoms with Crippen LogP contribution in [0.1, 0.15) is 5.56 Å². The van der Waals surface area contributed by atoms with Gasteiger partial charge in [0, 0.05) is 17.6 Å². The molecule has 1 aromatic heterocycles. The Kier molecular flexibility index (Phi) is 2.88. The van der Waals surface area contributed by atoms with Gasteiger partial charge in [-0.2, -0.15) is 0 Å². The van der Waals surface area contributed by atoms with Gasteiger partial charge in [-0.3, -0.25) is 4.98 Å². The smallest absolute Gasteiger partial charge is 0.116 e. The Hall–Kier alpha value is -1.54. The van der Waals surface area contributed by atoms with Crippen LogP contribution < -0.4 is 0 Å². The fourth-order valence-electron chi connectivity index (χ4n) is 1.38. The van der Waals surface area contributed by atoms with Crippen molar-refractivity contribution in [3.05, 3.63) is 48.2 Å². The van der Waals surface area contributed by atoms with Gasteiger partial charge in [-0.25, -0.2) is 0 Å². The van der Waals surface area contributed by atoms with Crippen LogP contribution >= 0.6 is 11.6 Å². The molecule has 0 radical (unpaired) electrons. The van der Waals surface area contributed by atoms with Gasteiger partial charge in [-0.1, -0.05) is 12.1 Å². The Labute approximate surface area is 93.2 Å². The number of halogens is 1. The minimum Gasteiger partial charge on any atom is -0.508 e. The third-order valence-corrected chi connectivity index (χ3v) is 2.43. The summed E-state index contributed by atoms with van der Waals surface area (Å²) in [6.45, 7) is 0. The number of pyridine rings is 1. The number of alkyl halides is 1. The minimum absolute atomic E-state index is 0.241. The van der Waals surface area contributed by atoms with Crippen molar-refractivity contribution in [1.29, 1.82) is 0 Å². The number of nitrogens with zero attached hydrogens (tertiary/aromatic N) is 1. The predicted molar refractivity (Wildman–Crippen MR) is 60.9 cm³/mol. The van der Waals surface area contributed by atoms with Gasteiger partial charge in [0.05, 0.1) is 5.69 Å².